The van der Waals surface area contributed by atoms with Crippen molar-refractivity contribution in [3.8, 4) is 0 Å². The number of rotatable bonds is 0. The third-order valence-electron chi connectivity index (χ3n) is 3.41. The molecule has 4 heteroatoms. The molecule has 1 aliphatic carbocycles. The summed E-state index contributed by atoms with van der Waals surface area (Å²) in [6, 6.07) is -0.333. The fourth-order valence-electron chi connectivity index (χ4n) is 2.87. The van der Waals surface area contributed by atoms with Gasteiger partial charge < -0.3 is 5.11 Å². The summed E-state index contributed by atoms with van der Waals surface area (Å²) in [5.41, 5.74) is 0. The Labute approximate surface area is 82.9 Å². The van der Waals surface area contributed by atoms with E-state index < -0.39 is 6.09 Å². The molecule has 3 atom stereocenters. The van der Waals surface area contributed by atoms with Crippen LogP contribution in [0.15, 0.2) is 0 Å². The summed E-state index contributed by atoms with van der Waals surface area (Å²) in [5, 5.41) is 9.01. The molecule has 14 heavy (non-hydrogen) atoms. The second kappa shape index (κ2) is 3.26. The first-order chi connectivity index (χ1) is 6.61. The molecule has 0 radical (unpaired) electrons. The Kier molecular flexibility index (Phi) is 2.21. The summed E-state index contributed by atoms with van der Waals surface area (Å²) in [7, 11) is 0. The highest BCUT2D eigenvalue weighted by molar-refractivity contribution is 5.88. The zero-order valence-electron chi connectivity index (χ0n) is 8.27. The van der Waals surface area contributed by atoms with Gasteiger partial charge in [0.15, 0.2) is 5.78 Å². The molecule has 1 amide bonds. The van der Waals surface area contributed by atoms with E-state index in [0.717, 1.165) is 19.3 Å². The van der Waals surface area contributed by atoms with Crippen molar-refractivity contribution in [2.75, 3.05) is 0 Å². The third-order valence-corrected chi connectivity index (χ3v) is 3.41. The fourth-order valence-corrected chi connectivity index (χ4v) is 2.87. The molecule has 78 valence electrons. The molecule has 1 aliphatic heterocycles. The van der Waals surface area contributed by atoms with Crippen LogP contribution in [0.25, 0.3) is 0 Å². The maximum Gasteiger partial charge on any atom is 0.408 e. The van der Waals surface area contributed by atoms with Crippen LogP contribution >= 0.6 is 0 Å². The number of carboxylic acid groups (broad SMARTS) is 1. The first kappa shape index (κ1) is 9.49. The van der Waals surface area contributed by atoms with E-state index in [1.165, 1.54) is 4.90 Å². The minimum Gasteiger partial charge on any atom is -0.465 e. The maximum atomic E-state index is 11.6. The van der Waals surface area contributed by atoms with E-state index in [2.05, 4.69) is 0 Å². The normalized spacial score (nSPS) is 37.1. The topological polar surface area (TPSA) is 57.6 Å². The van der Waals surface area contributed by atoms with Gasteiger partial charge in [-0.15, -0.1) is 0 Å². The molecule has 0 bridgehead atoms. The van der Waals surface area contributed by atoms with Gasteiger partial charge in [-0.2, -0.15) is 0 Å². The van der Waals surface area contributed by atoms with Crippen molar-refractivity contribution in [1.29, 1.82) is 0 Å². The van der Waals surface area contributed by atoms with Crippen LogP contribution in [0, 0.1) is 5.92 Å². The Balaban J connectivity index is 2.24. The molecule has 1 N–H and O–H groups in total. The van der Waals surface area contributed by atoms with E-state index >= 15 is 0 Å². The standard InChI is InChI=1S/C10H15NO3/c1-6-5-7-3-2-4-8(12)9(7)11(6)10(13)14/h6-7,9H,2-5H2,1H3,(H,13,14). The van der Waals surface area contributed by atoms with Crippen molar-refractivity contribution in [2.24, 2.45) is 5.92 Å². The van der Waals surface area contributed by atoms with Gasteiger partial charge in [0.1, 0.15) is 0 Å². The Bertz CT molecular complexity index is 277. The molecule has 2 fully saturated rings. The van der Waals surface area contributed by atoms with Crippen LogP contribution < -0.4 is 0 Å². The Morgan fingerprint density at radius 3 is 2.93 bits per heavy atom. The summed E-state index contributed by atoms with van der Waals surface area (Å²) in [4.78, 5) is 24.0. The van der Waals surface area contributed by atoms with Gasteiger partial charge in [0, 0.05) is 12.5 Å². The molecule has 4 nitrogen and oxygen atoms in total. The van der Waals surface area contributed by atoms with Gasteiger partial charge in [0.25, 0.3) is 0 Å². The van der Waals surface area contributed by atoms with E-state index in [9.17, 15) is 9.59 Å². The zero-order valence-corrected chi connectivity index (χ0v) is 8.27. The first-order valence-electron chi connectivity index (χ1n) is 5.15. The molecule has 0 spiro atoms. The van der Waals surface area contributed by atoms with Gasteiger partial charge in [-0.05, 0) is 32.1 Å². The van der Waals surface area contributed by atoms with Gasteiger partial charge in [-0.3, -0.25) is 9.69 Å². The predicted molar refractivity (Wildman–Crippen MR) is 50.1 cm³/mol. The second-order valence-electron chi connectivity index (χ2n) is 4.34. The van der Waals surface area contributed by atoms with Crippen LogP contribution in [-0.2, 0) is 4.79 Å². The van der Waals surface area contributed by atoms with Crippen molar-refractivity contribution in [3.05, 3.63) is 0 Å². The SMILES string of the molecule is CC1CC2CCCC(=O)C2N1C(=O)O. The molecule has 3 unspecified atom stereocenters. The van der Waals surface area contributed by atoms with Crippen molar-refractivity contribution >= 4 is 11.9 Å². The van der Waals surface area contributed by atoms with Crippen LogP contribution in [0.3, 0.4) is 0 Å². The van der Waals surface area contributed by atoms with Gasteiger partial charge in [-0.1, -0.05) is 0 Å². The summed E-state index contributed by atoms with van der Waals surface area (Å²) < 4.78 is 0. The molecule has 1 saturated carbocycles. The number of carbonyl (C=O) groups is 2. The molecule has 1 saturated heterocycles. The highest BCUT2D eigenvalue weighted by Gasteiger charge is 2.46. The van der Waals surface area contributed by atoms with E-state index in [-0.39, 0.29) is 23.8 Å². The molecule has 0 aromatic heterocycles. The second-order valence-corrected chi connectivity index (χ2v) is 4.34. The summed E-state index contributed by atoms with van der Waals surface area (Å²) in [6.45, 7) is 1.89. The number of amides is 1. The Hall–Kier alpha value is -1.06. The minimum atomic E-state index is -0.944. The molecular weight excluding hydrogens is 182 g/mol. The van der Waals surface area contributed by atoms with Gasteiger partial charge in [0.05, 0.1) is 6.04 Å². The molecule has 2 aliphatic rings. The monoisotopic (exact) mass is 197 g/mol. The lowest BCUT2D eigenvalue weighted by Crippen LogP contribution is -2.46. The first-order valence-corrected chi connectivity index (χ1v) is 5.15. The summed E-state index contributed by atoms with van der Waals surface area (Å²) in [5.74, 6) is 0.398. The fraction of sp³-hybridized carbons (Fsp3) is 0.800. The summed E-state index contributed by atoms with van der Waals surface area (Å²) >= 11 is 0. The molecule has 0 aromatic carbocycles. The smallest absolute Gasteiger partial charge is 0.408 e. The quantitative estimate of drug-likeness (QED) is 0.640. The van der Waals surface area contributed by atoms with Crippen molar-refractivity contribution in [3.63, 3.8) is 0 Å². The van der Waals surface area contributed by atoms with Gasteiger partial charge in [0.2, 0.25) is 0 Å². The average Bonchev–Trinajstić information content (AvgIpc) is 2.42. The van der Waals surface area contributed by atoms with E-state index in [0.29, 0.717) is 6.42 Å². The van der Waals surface area contributed by atoms with Crippen LogP contribution in [0.2, 0.25) is 0 Å². The highest BCUT2D eigenvalue weighted by Crippen LogP contribution is 2.37. The largest absolute Gasteiger partial charge is 0.465 e. The molecule has 1 heterocycles. The van der Waals surface area contributed by atoms with Crippen LogP contribution in [-0.4, -0.2) is 34.0 Å². The number of nitrogens with zero attached hydrogens (tertiary/aromatic N) is 1. The van der Waals surface area contributed by atoms with Crippen molar-refractivity contribution in [2.45, 2.75) is 44.7 Å². The van der Waals surface area contributed by atoms with Crippen LogP contribution in [0.5, 0.6) is 0 Å². The number of Topliss-reactive ketones (excluding diaryl/α,β-unsaturated/α-hetero) is 1. The van der Waals surface area contributed by atoms with Gasteiger partial charge >= 0.3 is 6.09 Å². The number of ketones is 1. The van der Waals surface area contributed by atoms with Crippen LogP contribution in [0.4, 0.5) is 4.79 Å². The molecule has 0 aromatic rings. The van der Waals surface area contributed by atoms with Crippen LogP contribution in [0.1, 0.15) is 32.6 Å². The number of carbonyl (C=O) groups excluding carboxylic acids is 1. The minimum absolute atomic E-state index is 0.00421. The third kappa shape index (κ3) is 1.29. The zero-order chi connectivity index (χ0) is 10.3. The molecule has 2 rings (SSSR count). The lowest BCUT2D eigenvalue weighted by atomic mass is 9.84. The predicted octanol–water partition coefficient (Wildman–Crippen LogP) is 1.50. The van der Waals surface area contributed by atoms with Crippen molar-refractivity contribution < 1.29 is 14.7 Å². The maximum absolute atomic E-state index is 11.6. The van der Waals surface area contributed by atoms with Gasteiger partial charge in [-0.25, -0.2) is 4.79 Å². The molecular formula is C10H15NO3. The number of hydrogen-bond donors (Lipinski definition) is 1. The Morgan fingerprint density at radius 1 is 1.57 bits per heavy atom. The lowest BCUT2D eigenvalue weighted by Gasteiger charge is -2.29. The Morgan fingerprint density at radius 2 is 2.29 bits per heavy atom. The number of fused-ring (bicyclic) bond motifs is 1. The van der Waals surface area contributed by atoms with E-state index in [4.69, 9.17) is 5.11 Å². The van der Waals surface area contributed by atoms with Crippen molar-refractivity contribution in [1.82, 2.24) is 4.90 Å². The highest BCUT2D eigenvalue weighted by atomic mass is 16.4. The number of hydrogen-bond acceptors (Lipinski definition) is 2. The summed E-state index contributed by atoms with van der Waals surface area (Å²) in [6.07, 6.45) is 2.39. The number of likely N-dealkylation sites (tertiary alicyclic amines) is 1. The lowest BCUT2D eigenvalue weighted by molar-refractivity contribution is -0.126. The van der Waals surface area contributed by atoms with E-state index in [1.54, 1.807) is 0 Å². The average molecular weight is 197 g/mol. The van der Waals surface area contributed by atoms with E-state index in [1.807, 2.05) is 6.92 Å².